The predicted octanol–water partition coefficient (Wildman–Crippen LogP) is 3.07. The van der Waals surface area contributed by atoms with Gasteiger partial charge in [0, 0.05) is 31.2 Å². The molecule has 184 valence electrons. The average Bonchev–Trinajstić information content (AvgIpc) is 3.53. The SMILES string of the molecule is COc1cc(Cn2cccn2)cc2onc(NS(=O)(=O)c3cccc(N(C)C4CCNCC4)c3)c12. The topological polar surface area (TPSA) is 115 Å². The van der Waals surface area contributed by atoms with Crippen LogP contribution in [-0.2, 0) is 16.6 Å². The van der Waals surface area contributed by atoms with Crippen LogP contribution in [0.4, 0.5) is 11.5 Å². The van der Waals surface area contributed by atoms with Crippen molar-refractivity contribution in [1.82, 2.24) is 20.3 Å². The van der Waals surface area contributed by atoms with Crippen LogP contribution in [0.1, 0.15) is 18.4 Å². The highest BCUT2D eigenvalue weighted by Gasteiger charge is 2.24. The number of benzene rings is 2. The molecule has 0 radical (unpaired) electrons. The molecule has 0 unspecified atom stereocenters. The maximum absolute atomic E-state index is 13.3. The lowest BCUT2D eigenvalue weighted by atomic mass is 10.0. The molecule has 0 spiro atoms. The van der Waals surface area contributed by atoms with E-state index in [1.54, 1.807) is 35.1 Å². The fraction of sp³-hybridized carbons (Fsp3) is 0.333. The van der Waals surface area contributed by atoms with Crippen molar-refractivity contribution in [3.05, 3.63) is 60.4 Å². The molecule has 0 atom stereocenters. The minimum Gasteiger partial charge on any atom is -0.496 e. The predicted molar refractivity (Wildman–Crippen MR) is 133 cm³/mol. The van der Waals surface area contributed by atoms with E-state index in [2.05, 4.69) is 25.2 Å². The summed E-state index contributed by atoms with van der Waals surface area (Å²) in [4.78, 5) is 2.30. The Labute approximate surface area is 203 Å². The van der Waals surface area contributed by atoms with Gasteiger partial charge in [-0.1, -0.05) is 11.2 Å². The second kappa shape index (κ2) is 9.59. The smallest absolute Gasteiger partial charge is 0.263 e. The Kier molecular flexibility index (Phi) is 6.35. The molecule has 1 aliphatic rings. The Balaban J connectivity index is 1.42. The summed E-state index contributed by atoms with van der Waals surface area (Å²) in [6, 6.07) is 12.8. The zero-order valence-corrected chi connectivity index (χ0v) is 20.5. The molecule has 11 heteroatoms. The molecule has 2 N–H and O–H groups in total. The largest absolute Gasteiger partial charge is 0.496 e. The van der Waals surface area contributed by atoms with Gasteiger partial charge < -0.3 is 19.5 Å². The molecule has 2 aromatic heterocycles. The number of sulfonamides is 1. The Bertz CT molecular complexity index is 1410. The minimum atomic E-state index is -3.92. The van der Waals surface area contributed by atoms with Gasteiger partial charge in [-0.25, -0.2) is 8.42 Å². The summed E-state index contributed by atoms with van der Waals surface area (Å²) in [5.41, 5.74) is 2.16. The van der Waals surface area contributed by atoms with Gasteiger partial charge in [0.2, 0.25) is 0 Å². The van der Waals surface area contributed by atoms with Gasteiger partial charge in [-0.05, 0) is 67.9 Å². The number of hydrogen-bond acceptors (Lipinski definition) is 8. The molecular formula is C24H28N6O4S. The van der Waals surface area contributed by atoms with Gasteiger partial charge in [0.25, 0.3) is 10.0 Å². The maximum Gasteiger partial charge on any atom is 0.263 e. The summed E-state index contributed by atoms with van der Waals surface area (Å²) in [6.07, 6.45) is 5.58. The summed E-state index contributed by atoms with van der Waals surface area (Å²) in [7, 11) is -0.387. The van der Waals surface area contributed by atoms with Crippen molar-refractivity contribution in [3.8, 4) is 5.75 Å². The summed E-state index contributed by atoms with van der Waals surface area (Å²) in [6.45, 7) is 2.43. The monoisotopic (exact) mass is 496 g/mol. The number of aromatic nitrogens is 3. The highest BCUT2D eigenvalue weighted by molar-refractivity contribution is 7.92. The number of nitrogens with one attached hydrogen (secondary N) is 2. The van der Waals surface area contributed by atoms with Gasteiger partial charge in [0.1, 0.15) is 11.1 Å². The number of nitrogens with zero attached hydrogens (tertiary/aromatic N) is 4. The van der Waals surface area contributed by atoms with E-state index in [4.69, 9.17) is 9.26 Å². The van der Waals surface area contributed by atoms with Crippen LogP contribution in [0.5, 0.6) is 5.75 Å². The maximum atomic E-state index is 13.3. The molecule has 35 heavy (non-hydrogen) atoms. The van der Waals surface area contributed by atoms with Crippen molar-refractivity contribution in [3.63, 3.8) is 0 Å². The molecule has 1 aliphatic heterocycles. The van der Waals surface area contributed by atoms with E-state index < -0.39 is 10.0 Å². The lowest BCUT2D eigenvalue weighted by Gasteiger charge is -2.33. The number of piperidine rings is 1. The first-order valence-electron chi connectivity index (χ1n) is 11.4. The third kappa shape index (κ3) is 4.82. The molecule has 0 amide bonds. The van der Waals surface area contributed by atoms with Crippen LogP contribution in [0.2, 0.25) is 0 Å². The Hall–Kier alpha value is -3.57. The number of methoxy groups -OCH3 is 1. The molecule has 0 aliphatic carbocycles. The van der Waals surface area contributed by atoms with E-state index in [9.17, 15) is 8.42 Å². The standard InChI is InChI=1S/C24H28N6O4S/c1-29(18-7-10-25-11-8-18)19-5-3-6-20(15-19)35(31,32)28-24-23-21(33-2)13-17(14-22(23)34-27-24)16-30-12-4-9-26-30/h3-6,9,12-15,18,25H,7-8,10-11,16H2,1-2H3,(H,27,28). The molecule has 1 fully saturated rings. The number of anilines is 2. The van der Waals surface area contributed by atoms with Gasteiger partial charge in [-0.3, -0.25) is 9.40 Å². The van der Waals surface area contributed by atoms with E-state index >= 15 is 0 Å². The first-order valence-corrected chi connectivity index (χ1v) is 12.9. The quantitative estimate of drug-likeness (QED) is 0.383. The summed E-state index contributed by atoms with van der Waals surface area (Å²) < 4.78 is 42.0. The highest BCUT2D eigenvalue weighted by atomic mass is 32.2. The molecule has 2 aromatic carbocycles. The molecule has 0 bridgehead atoms. The van der Waals surface area contributed by atoms with Crippen molar-refractivity contribution >= 4 is 32.5 Å². The number of hydrogen-bond donors (Lipinski definition) is 2. The Morgan fingerprint density at radius 1 is 1.23 bits per heavy atom. The van der Waals surface area contributed by atoms with E-state index in [0.29, 0.717) is 29.3 Å². The van der Waals surface area contributed by atoms with Gasteiger partial charge in [-0.2, -0.15) is 5.10 Å². The second-order valence-corrected chi connectivity index (χ2v) is 10.3. The second-order valence-electron chi connectivity index (χ2n) is 8.60. The summed E-state index contributed by atoms with van der Waals surface area (Å²) in [5, 5.41) is 12.0. The van der Waals surface area contributed by atoms with Crippen LogP contribution >= 0.6 is 0 Å². The summed E-state index contributed by atoms with van der Waals surface area (Å²) >= 11 is 0. The fourth-order valence-corrected chi connectivity index (χ4v) is 5.50. The molecule has 3 heterocycles. The van der Waals surface area contributed by atoms with Crippen LogP contribution in [0.3, 0.4) is 0 Å². The first-order chi connectivity index (χ1) is 16.9. The summed E-state index contributed by atoms with van der Waals surface area (Å²) in [5.74, 6) is 0.544. The third-order valence-electron chi connectivity index (χ3n) is 6.34. The normalized spacial score (nSPS) is 14.8. The van der Waals surface area contributed by atoms with Crippen LogP contribution in [-0.4, -0.2) is 56.6 Å². The average molecular weight is 497 g/mol. The minimum absolute atomic E-state index is 0.0830. The highest BCUT2D eigenvalue weighted by Crippen LogP contribution is 2.35. The van der Waals surface area contributed by atoms with E-state index in [0.717, 1.165) is 37.2 Å². The number of fused-ring (bicyclic) bond motifs is 1. The van der Waals surface area contributed by atoms with Gasteiger partial charge in [0.05, 0.1) is 18.6 Å². The Morgan fingerprint density at radius 3 is 2.80 bits per heavy atom. The van der Waals surface area contributed by atoms with Gasteiger partial charge in [0.15, 0.2) is 11.4 Å². The fourth-order valence-electron chi connectivity index (χ4n) is 4.45. The molecule has 1 saturated heterocycles. The third-order valence-corrected chi connectivity index (χ3v) is 7.68. The van der Waals surface area contributed by atoms with Crippen LogP contribution < -0.4 is 19.7 Å². The number of ether oxygens (including phenoxy) is 1. The molecule has 10 nitrogen and oxygen atoms in total. The van der Waals surface area contributed by atoms with Crippen molar-refractivity contribution in [2.45, 2.75) is 30.3 Å². The van der Waals surface area contributed by atoms with Gasteiger partial charge in [-0.15, -0.1) is 0 Å². The lowest BCUT2D eigenvalue weighted by Crippen LogP contribution is -2.41. The van der Waals surface area contributed by atoms with E-state index in [1.807, 2.05) is 31.4 Å². The first kappa shape index (κ1) is 23.2. The molecule has 0 saturated carbocycles. The van der Waals surface area contributed by atoms with Gasteiger partial charge >= 0.3 is 0 Å². The zero-order valence-electron chi connectivity index (χ0n) is 19.6. The van der Waals surface area contributed by atoms with Crippen molar-refractivity contribution in [1.29, 1.82) is 0 Å². The van der Waals surface area contributed by atoms with Crippen LogP contribution in [0.25, 0.3) is 11.0 Å². The zero-order chi connectivity index (χ0) is 24.4. The van der Waals surface area contributed by atoms with Crippen molar-refractivity contribution < 1.29 is 17.7 Å². The van der Waals surface area contributed by atoms with E-state index in [1.165, 1.54) is 7.11 Å². The lowest BCUT2D eigenvalue weighted by molar-refractivity contribution is 0.418. The van der Waals surface area contributed by atoms with Crippen molar-refractivity contribution in [2.24, 2.45) is 0 Å². The number of rotatable bonds is 8. The Morgan fingerprint density at radius 2 is 2.06 bits per heavy atom. The van der Waals surface area contributed by atoms with Crippen LogP contribution in [0, 0.1) is 0 Å². The molecule has 5 rings (SSSR count). The molecular weight excluding hydrogens is 468 g/mol. The molecule has 4 aromatic rings. The van der Waals surface area contributed by atoms with Crippen molar-refractivity contribution in [2.75, 3.05) is 36.9 Å². The van der Waals surface area contributed by atoms with E-state index in [-0.39, 0.29) is 10.7 Å². The van der Waals surface area contributed by atoms with Crippen LogP contribution in [0.15, 0.2) is 64.3 Å².